The summed E-state index contributed by atoms with van der Waals surface area (Å²) in [5.41, 5.74) is 5.99. The van der Waals surface area contributed by atoms with Crippen molar-refractivity contribution >= 4 is 17.2 Å². The Kier molecular flexibility index (Phi) is 5.21. The lowest BCUT2D eigenvalue weighted by Crippen LogP contribution is -2.27. The molecule has 156 valence electrons. The van der Waals surface area contributed by atoms with Crippen LogP contribution in [0.3, 0.4) is 0 Å². The number of anilines is 2. The first-order valence-electron chi connectivity index (χ1n) is 10.9. The van der Waals surface area contributed by atoms with Gasteiger partial charge in [0.25, 0.3) is 0 Å². The van der Waals surface area contributed by atoms with Gasteiger partial charge in [-0.25, -0.2) is 0 Å². The summed E-state index contributed by atoms with van der Waals surface area (Å²) in [6, 6.07) is 26.2. The number of hydrogen-bond donors (Lipinski definition) is 2. The summed E-state index contributed by atoms with van der Waals surface area (Å²) in [4.78, 5) is 13.6. The van der Waals surface area contributed by atoms with Crippen molar-refractivity contribution in [2.24, 2.45) is 0 Å². The van der Waals surface area contributed by atoms with Gasteiger partial charge in [-0.1, -0.05) is 60.7 Å². The number of hydrogen-bond acceptors (Lipinski definition) is 4. The van der Waals surface area contributed by atoms with Gasteiger partial charge in [0.1, 0.15) is 5.75 Å². The molecule has 0 unspecified atom stereocenters. The van der Waals surface area contributed by atoms with Crippen LogP contribution in [0.15, 0.2) is 90.1 Å². The molecule has 1 aliphatic carbocycles. The molecule has 4 heteroatoms. The van der Waals surface area contributed by atoms with Crippen LogP contribution in [0.2, 0.25) is 0 Å². The summed E-state index contributed by atoms with van der Waals surface area (Å²) in [6.45, 7) is 2.56. The molecular weight excluding hydrogens is 384 g/mol. The lowest BCUT2D eigenvalue weighted by atomic mass is 9.78. The Morgan fingerprint density at radius 3 is 2.39 bits per heavy atom. The summed E-state index contributed by atoms with van der Waals surface area (Å²) in [7, 11) is 0. The number of ketones is 1. The van der Waals surface area contributed by atoms with Crippen molar-refractivity contribution in [3.8, 4) is 5.75 Å². The second-order valence-corrected chi connectivity index (χ2v) is 8.05. The van der Waals surface area contributed by atoms with Crippen molar-refractivity contribution in [2.45, 2.75) is 31.7 Å². The minimum Gasteiger partial charge on any atom is -0.494 e. The maximum absolute atomic E-state index is 13.6. The minimum atomic E-state index is -0.266. The van der Waals surface area contributed by atoms with E-state index in [1.54, 1.807) is 0 Å². The average molecular weight is 411 g/mol. The van der Waals surface area contributed by atoms with E-state index in [-0.39, 0.29) is 17.7 Å². The number of Topliss-reactive ketones (excluding diaryl/α,β-unsaturated/α-hetero) is 1. The second-order valence-electron chi connectivity index (χ2n) is 8.05. The molecule has 0 radical (unpaired) electrons. The van der Waals surface area contributed by atoms with E-state index in [4.69, 9.17) is 4.74 Å². The van der Waals surface area contributed by atoms with Gasteiger partial charge in [-0.2, -0.15) is 0 Å². The van der Waals surface area contributed by atoms with E-state index in [1.165, 1.54) is 5.56 Å². The van der Waals surface area contributed by atoms with E-state index in [2.05, 4.69) is 41.0 Å². The van der Waals surface area contributed by atoms with Gasteiger partial charge in [0.2, 0.25) is 0 Å². The number of allylic oxidation sites excluding steroid dienone is 1. The van der Waals surface area contributed by atoms with Gasteiger partial charge in [-0.3, -0.25) is 4.79 Å². The lowest BCUT2D eigenvalue weighted by Gasteiger charge is -2.30. The molecule has 3 aromatic carbocycles. The average Bonchev–Trinajstić information content (AvgIpc) is 2.97. The third-order valence-corrected chi connectivity index (χ3v) is 6.11. The molecule has 4 nitrogen and oxygen atoms in total. The van der Waals surface area contributed by atoms with Crippen molar-refractivity contribution in [1.29, 1.82) is 0 Å². The quantitative estimate of drug-likeness (QED) is 0.548. The van der Waals surface area contributed by atoms with Crippen LogP contribution < -0.4 is 15.4 Å². The Morgan fingerprint density at radius 2 is 1.58 bits per heavy atom. The molecule has 3 aromatic rings. The Bertz CT molecular complexity index is 1140. The van der Waals surface area contributed by atoms with Crippen molar-refractivity contribution in [3.63, 3.8) is 0 Å². The third-order valence-electron chi connectivity index (χ3n) is 6.11. The molecule has 0 saturated heterocycles. The molecule has 2 aliphatic rings. The Labute approximate surface area is 183 Å². The molecule has 0 bridgehead atoms. The monoisotopic (exact) mass is 410 g/mol. The Balaban J connectivity index is 1.63. The van der Waals surface area contributed by atoms with Crippen molar-refractivity contribution < 1.29 is 9.53 Å². The third kappa shape index (κ3) is 3.70. The predicted octanol–water partition coefficient (Wildman–Crippen LogP) is 6.06. The summed E-state index contributed by atoms with van der Waals surface area (Å²) in [5, 5.41) is 7.24. The highest BCUT2D eigenvalue weighted by Gasteiger charge is 2.36. The standard InChI is InChI=1S/C27H26N2O2/c1-2-31-25-15-9-6-12-20(25)27-26-23(28-21-13-7-8-14-22(21)29-27)16-19(17-24(26)30)18-10-4-3-5-11-18/h3-15,19,27-29H,2,16-17H2,1H3/t19-,27+/m1/s1. The van der Waals surface area contributed by atoms with Crippen molar-refractivity contribution in [2.75, 3.05) is 17.2 Å². The molecule has 2 N–H and O–H groups in total. The first-order valence-corrected chi connectivity index (χ1v) is 10.9. The number of ether oxygens (including phenoxy) is 1. The fourth-order valence-electron chi connectivity index (χ4n) is 4.69. The topological polar surface area (TPSA) is 50.4 Å². The molecule has 1 heterocycles. The number of carbonyl (C=O) groups is 1. The molecule has 0 spiro atoms. The molecular formula is C27H26N2O2. The molecule has 2 atom stereocenters. The van der Waals surface area contributed by atoms with Crippen LogP contribution in [-0.2, 0) is 4.79 Å². The van der Waals surface area contributed by atoms with Gasteiger partial charge in [0, 0.05) is 23.3 Å². The molecule has 0 aromatic heterocycles. The summed E-state index contributed by atoms with van der Waals surface area (Å²) in [5.74, 6) is 1.17. The van der Waals surface area contributed by atoms with E-state index in [1.807, 2.05) is 55.5 Å². The van der Waals surface area contributed by atoms with Crippen molar-refractivity contribution in [3.05, 3.63) is 101 Å². The van der Waals surface area contributed by atoms with Crippen LogP contribution in [0.1, 0.15) is 42.9 Å². The SMILES string of the molecule is CCOc1ccccc1[C@@H]1Nc2ccccc2NC2=C1C(=O)C[C@H](c1ccccc1)C2. The van der Waals surface area contributed by atoms with Gasteiger partial charge in [-0.15, -0.1) is 0 Å². The first kappa shape index (κ1) is 19.4. The van der Waals surface area contributed by atoms with E-state index >= 15 is 0 Å². The van der Waals surface area contributed by atoms with E-state index in [0.29, 0.717) is 13.0 Å². The van der Waals surface area contributed by atoms with E-state index in [9.17, 15) is 4.79 Å². The molecule has 1 aliphatic heterocycles. The van der Waals surface area contributed by atoms with Gasteiger partial charge in [0.15, 0.2) is 5.78 Å². The summed E-state index contributed by atoms with van der Waals surface area (Å²) < 4.78 is 5.93. The number of para-hydroxylation sites is 3. The van der Waals surface area contributed by atoms with E-state index < -0.39 is 0 Å². The van der Waals surface area contributed by atoms with Crippen LogP contribution in [0.25, 0.3) is 0 Å². The first-order chi connectivity index (χ1) is 15.2. The van der Waals surface area contributed by atoms with Crippen LogP contribution in [0.4, 0.5) is 11.4 Å². The lowest BCUT2D eigenvalue weighted by molar-refractivity contribution is -0.116. The number of rotatable bonds is 4. The zero-order valence-corrected chi connectivity index (χ0v) is 17.6. The highest BCUT2D eigenvalue weighted by atomic mass is 16.5. The van der Waals surface area contributed by atoms with Crippen LogP contribution in [0, 0.1) is 0 Å². The second kappa shape index (κ2) is 8.31. The fraction of sp³-hybridized carbons (Fsp3) is 0.222. The number of fused-ring (bicyclic) bond motifs is 1. The Hall–Kier alpha value is -3.53. The Morgan fingerprint density at radius 1 is 0.871 bits per heavy atom. The molecule has 0 amide bonds. The smallest absolute Gasteiger partial charge is 0.163 e. The zero-order valence-electron chi connectivity index (χ0n) is 17.6. The molecule has 31 heavy (non-hydrogen) atoms. The number of benzene rings is 3. The molecule has 0 fully saturated rings. The zero-order chi connectivity index (χ0) is 21.2. The van der Waals surface area contributed by atoms with Crippen LogP contribution in [-0.4, -0.2) is 12.4 Å². The highest BCUT2D eigenvalue weighted by molar-refractivity contribution is 6.01. The maximum Gasteiger partial charge on any atom is 0.163 e. The van der Waals surface area contributed by atoms with Gasteiger partial charge in [0.05, 0.1) is 24.0 Å². The molecule has 0 saturated carbocycles. The number of nitrogens with one attached hydrogen (secondary N) is 2. The van der Waals surface area contributed by atoms with Crippen molar-refractivity contribution in [1.82, 2.24) is 0 Å². The minimum absolute atomic E-state index is 0.174. The van der Waals surface area contributed by atoms with Crippen LogP contribution >= 0.6 is 0 Å². The fourth-order valence-corrected chi connectivity index (χ4v) is 4.69. The van der Waals surface area contributed by atoms with Crippen LogP contribution in [0.5, 0.6) is 5.75 Å². The summed E-state index contributed by atoms with van der Waals surface area (Å²) >= 11 is 0. The predicted molar refractivity (Wildman–Crippen MR) is 124 cm³/mol. The number of carbonyl (C=O) groups excluding carboxylic acids is 1. The summed E-state index contributed by atoms with van der Waals surface area (Å²) in [6.07, 6.45) is 1.31. The maximum atomic E-state index is 13.6. The normalized spacial score (nSPS) is 20.1. The van der Waals surface area contributed by atoms with Gasteiger partial charge < -0.3 is 15.4 Å². The molecule has 5 rings (SSSR count). The van der Waals surface area contributed by atoms with Gasteiger partial charge in [-0.05, 0) is 43.0 Å². The highest BCUT2D eigenvalue weighted by Crippen LogP contribution is 2.45. The van der Waals surface area contributed by atoms with Gasteiger partial charge >= 0.3 is 0 Å². The van der Waals surface area contributed by atoms with E-state index in [0.717, 1.165) is 40.4 Å². The largest absolute Gasteiger partial charge is 0.494 e.